The Morgan fingerprint density at radius 1 is 0.368 bits per heavy atom. The number of halogens is 6. The lowest BCUT2D eigenvalue weighted by Crippen LogP contribution is -2.53. The molecule has 34 nitrogen and oxygen atoms in total. The van der Waals surface area contributed by atoms with Crippen LogP contribution in [0.1, 0.15) is 209 Å². The SMILES string of the molecule is Cc1cc(Nc2nc(Cc3cc(Cl)c(C4CCN(C(=O)CN5CCC5)CC4)cc3C)ncc2Cl)n[nH]1.Cc1cc(Nc2nc(Cc3cc(Cl)c(C4CCN(C(=O)CN5CCOCC5)CC4)cc3C)ncc2Cl)n[nH]1.Cc1cc(Nc2nc(Nc3cc(C)c(C4CCN(C(=O)C(C)(C)N)CC4)cc3C)ncc2Cl)n[nH]1.Cc1cc(Nc2nc(Nc3cc(C)c(C4CCN(C5CCOCC5)CC4)cc3C)ncc2Cl)n[nH]1. The molecular formula is C104H131Cl6N29O5. The third-order valence-electron chi connectivity index (χ3n) is 28.0. The molecule has 0 unspecified atom stereocenters. The number of nitrogens with zero attached hydrogens (tertiary/aromatic N) is 18. The van der Waals surface area contributed by atoms with E-state index in [-0.39, 0.29) is 17.7 Å². The van der Waals surface area contributed by atoms with Crippen LogP contribution in [0.15, 0.2) is 97.6 Å². The third-order valence-corrected chi connectivity index (χ3v) is 29.8. The number of hydrogen-bond donors (Lipinski definition) is 11. The first kappa shape index (κ1) is 106. The molecule has 7 fully saturated rings. The lowest BCUT2D eigenvalue weighted by Gasteiger charge is -2.39. The van der Waals surface area contributed by atoms with Gasteiger partial charge in [0, 0.05) is 153 Å². The van der Waals surface area contributed by atoms with Gasteiger partial charge in [-0.15, -0.1) is 0 Å². The number of aromatic nitrogens is 16. The predicted octanol–water partition coefficient (Wildman–Crippen LogP) is 19.7. The molecule has 15 heterocycles. The van der Waals surface area contributed by atoms with Crippen molar-refractivity contribution in [3.8, 4) is 0 Å². The average molecular weight is 2080 g/mol. The van der Waals surface area contributed by atoms with Gasteiger partial charge in [0.1, 0.15) is 31.7 Å². The van der Waals surface area contributed by atoms with Crippen LogP contribution in [0.4, 0.5) is 69.8 Å². The van der Waals surface area contributed by atoms with Crippen LogP contribution in [-0.2, 0) is 36.7 Å². The third kappa shape index (κ3) is 27.9. The summed E-state index contributed by atoms with van der Waals surface area (Å²) in [7, 11) is 0. The van der Waals surface area contributed by atoms with Crippen LogP contribution in [0.5, 0.6) is 0 Å². The van der Waals surface area contributed by atoms with Crippen LogP contribution in [0, 0.1) is 69.2 Å². The van der Waals surface area contributed by atoms with Gasteiger partial charge in [-0.1, -0.05) is 93.9 Å². The Morgan fingerprint density at radius 2 is 0.701 bits per heavy atom. The first-order valence-corrected chi connectivity index (χ1v) is 52.0. The summed E-state index contributed by atoms with van der Waals surface area (Å²) in [5, 5.41) is 50.8. The van der Waals surface area contributed by atoms with Crippen LogP contribution < -0.4 is 37.6 Å². The zero-order valence-corrected chi connectivity index (χ0v) is 88.5. The predicted molar refractivity (Wildman–Crippen MR) is 571 cm³/mol. The molecule has 144 heavy (non-hydrogen) atoms. The molecule has 3 amide bonds. The number of piperidine rings is 4. The Hall–Kier alpha value is -11.3. The largest absolute Gasteiger partial charge is 0.381 e. The van der Waals surface area contributed by atoms with E-state index in [1.54, 1.807) is 38.6 Å². The summed E-state index contributed by atoms with van der Waals surface area (Å²) in [6.07, 6.45) is 19.0. The number of aryl methyl sites for hydroxylation is 10. The fourth-order valence-electron chi connectivity index (χ4n) is 19.7. The molecule has 0 bridgehead atoms. The van der Waals surface area contributed by atoms with Crippen molar-refractivity contribution in [3.63, 3.8) is 0 Å². The number of likely N-dealkylation sites (tertiary alicyclic amines) is 5. The van der Waals surface area contributed by atoms with Crippen molar-refractivity contribution in [2.45, 2.75) is 202 Å². The minimum atomic E-state index is -0.830. The molecular weight excluding hydrogens is 1950 g/mol. The maximum absolute atomic E-state index is 12.8. The summed E-state index contributed by atoms with van der Waals surface area (Å²) in [6.45, 7) is 38.9. The highest BCUT2D eigenvalue weighted by molar-refractivity contribution is 6.34. The van der Waals surface area contributed by atoms with E-state index in [0.717, 1.165) is 195 Å². The van der Waals surface area contributed by atoms with E-state index in [4.69, 9.17) is 84.8 Å². The number of anilines is 12. The normalized spacial score (nSPS) is 16.7. The Kier molecular flexibility index (Phi) is 35.5. The number of rotatable bonds is 26. The van der Waals surface area contributed by atoms with Gasteiger partial charge in [-0.25, -0.2) is 29.9 Å². The molecule has 19 rings (SSSR count). The molecule has 7 saturated heterocycles. The van der Waals surface area contributed by atoms with E-state index >= 15 is 0 Å². The molecule has 7 aliphatic heterocycles. The minimum absolute atomic E-state index is 0.0163. The van der Waals surface area contributed by atoms with Crippen LogP contribution in [0.3, 0.4) is 0 Å². The number of morpholine rings is 1. The van der Waals surface area contributed by atoms with Crippen LogP contribution >= 0.6 is 69.6 Å². The topological polar surface area (TPSA) is 405 Å². The molecule has 12 N–H and O–H groups in total. The first-order valence-electron chi connectivity index (χ1n) is 49.7. The maximum atomic E-state index is 12.8. The number of H-pyrrole nitrogens is 4. The average Bonchev–Trinajstić information content (AvgIpc) is 1.12. The fraction of sp³-hybridized carbons (Fsp3) is 0.471. The van der Waals surface area contributed by atoms with E-state index in [2.05, 4.69) is 205 Å². The Bertz CT molecular complexity index is 6460. The Morgan fingerprint density at radius 3 is 1.06 bits per heavy atom. The van der Waals surface area contributed by atoms with E-state index in [1.807, 2.05) is 78.8 Å². The van der Waals surface area contributed by atoms with Gasteiger partial charge >= 0.3 is 0 Å². The summed E-state index contributed by atoms with van der Waals surface area (Å²) in [4.78, 5) is 86.8. The van der Waals surface area contributed by atoms with Crippen molar-refractivity contribution in [2.24, 2.45) is 5.73 Å². The van der Waals surface area contributed by atoms with Crippen LogP contribution in [-0.4, -0.2) is 257 Å². The van der Waals surface area contributed by atoms with Gasteiger partial charge in [0.05, 0.1) is 56.6 Å². The van der Waals surface area contributed by atoms with Gasteiger partial charge < -0.3 is 66.7 Å². The highest BCUT2D eigenvalue weighted by Gasteiger charge is 2.36. The number of hydrogen-bond acceptors (Lipinski definition) is 27. The van der Waals surface area contributed by atoms with Crippen molar-refractivity contribution in [3.05, 3.63) is 229 Å². The molecule has 0 saturated carbocycles. The number of benzene rings is 4. The molecule has 764 valence electrons. The minimum Gasteiger partial charge on any atom is -0.381 e. The van der Waals surface area contributed by atoms with Gasteiger partial charge in [-0.3, -0.25) is 44.6 Å². The second-order valence-electron chi connectivity index (χ2n) is 39.5. The lowest BCUT2D eigenvalue weighted by atomic mass is 9.85. The monoisotopic (exact) mass is 2080 g/mol. The maximum Gasteiger partial charge on any atom is 0.242 e. The van der Waals surface area contributed by atoms with E-state index in [0.29, 0.717) is 159 Å². The Labute approximate surface area is 871 Å². The first-order chi connectivity index (χ1) is 69.2. The smallest absolute Gasteiger partial charge is 0.242 e. The van der Waals surface area contributed by atoms with Crippen molar-refractivity contribution >= 4 is 157 Å². The molecule has 12 aromatic rings. The van der Waals surface area contributed by atoms with E-state index < -0.39 is 5.54 Å². The van der Waals surface area contributed by atoms with E-state index in [9.17, 15) is 14.4 Å². The zero-order chi connectivity index (χ0) is 102. The van der Waals surface area contributed by atoms with Gasteiger partial charge in [0.15, 0.2) is 46.5 Å². The number of ether oxygens (including phenoxy) is 2. The number of carbonyl (C=O) groups excluding carboxylic acids is 3. The molecule has 0 atom stereocenters. The van der Waals surface area contributed by atoms with Gasteiger partial charge in [-0.2, -0.15) is 30.4 Å². The van der Waals surface area contributed by atoms with Gasteiger partial charge in [0.25, 0.3) is 0 Å². The molecule has 8 aromatic heterocycles. The van der Waals surface area contributed by atoms with E-state index in [1.165, 1.54) is 78.6 Å². The molecule has 4 aromatic carbocycles. The summed E-state index contributed by atoms with van der Waals surface area (Å²) >= 11 is 38.8. The number of amides is 3. The van der Waals surface area contributed by atoms with Crippen molar-refractivity contribution in [1.82, 2.24) is 110 Å². The number of aromatic amines is 4. The quantitative estimate of drug-likeness (QED) is 0.0240. The molecule has 40 heteroatoms. The number of nitrogens with one attached hydrogen (secondary N) is 10. The standard InChI is InChI=1S/C27H33Cl2N7O2.C26H31Cl2N7O.C26H34ClN7O.C25H33ClN8O/c1-17-11-21(19-3-5-36(6-4-19)26(37)16-35-7-9-38-10-8-35)22(28)13-20(17)14-24-30-15-23(29)27(31-24)32-25-12-18(2)33-34-25;1-16-10-20(18-4-8-35(9-5-18)25(36)15-34-6-3-7-34)21(27)12-19(16)13-23-29-14-22(28)26(30-23)31-24-11-17(2)32-33-24;1-16-13-23(29-26-28-15-22(27)25(31-26)30-24-14-18(3)32-33-24)17(2)12-21(16)19-4-8-34(9-5-19)20-6-10-35-11-7-20;1-14-11-20(29-24-28-13-19(26)22(31-24)30-21-12-16(3)32-33-21)15(2)10-18(14)17-6-8-34(9-7-17)23(35)25(4,5)27/h11-13,15,19H,3-10,14,16H2,1-2H3,(H2,30,31,32,33,34);10-12,14,18H,3-9,13,15H2,1-2H3,(H2,29,30,31,32,33);12-15,19-20H,4-11H2,1-3H3,(H3,28,29,30,31,32,33);10-13,17H,6-9,27H2,1-5H3,(H3,28,29,30,31,32,33). The zero-order valence-electron chi connectivity index (χ0n) is 84.0. The lowest BCUT2D eigenvalue weighted by molar-refractivity contribution is -0.137. The molecule has 7 aliphatic rings. The van der Waals surface area contributed by atoms with Crippen molar-refractivity contribution in [2.75, 3.05) is 150 Å². The van der Waals surface area contributed by atoms with Crippen molar-refractivity contribution < 1.29 is 23.9 Å². The van der Waals surface area contributed by atoms with Crippen molar-refractivity contribution in [1.29, 1.82) is 0 Å². The highest BCUT2D eigenvalue weighted by atomic mass is 35.5. The fourth-order valence-corrected chi connectivity index (χ4v) is 20.9. The highest BCUT2D eigenvalue weighted by Crippen LogP contribution is 2.42. The van der Waals surface area contributed by atoms with Crippen LogP contribution in [0.25, 0.3) is 0 Å². The van der Waals surface area contributed by atoms with Crippen LogP contribution in [0.2, 0.25) is 30.1 Å². The number of carbonyl (C=O) groups is 3. The Balaban J connectivity index is 0.000000138. The number of nitrogens with two attached hydrogens (primary N) is 1. The second-order valence-corrected chi connectivity index (χ2v) is 42.0. The second kappa shape index (κ2) is 48.4. The van der Waals surface area contributed by atoms with Gasteiger partial charge in [-0.05, 0) is 295 Å². The summed E-state index contributed by atoms with van der Waals surface area (Å²) in [5.41, 5.74) is 25.2. The molecule has 0 radical (unpaired) electrons. The summed E-state index contributed by atoms with van der Waals surface area (Å²) in [6, 6.07) is 25.6. The summed E-state index contributed by atoms with van der Waals surface area (Å²) in [5.74, 6) is 9.02. The molecule has 0 aliphatic carbocycles. The summed E-state index contributed by atoms with van der Waals surface area (Å²) < 4.78 is 10.9. The molecule has 0 spiro atoms. The van der Waals surface area contributed by atoms with Gasteiger partial charge in [0.2, 0.25) is 29.6 Å².